The number of methoxy groups -OCH3 is 1. The van der Waals surface area contributed by atoms with E-state index in [0.717, 1.165) is 22.8 Å². The van der Waals surface area contributed by atoms with Crippen molar-refractivity contribution in [2.45, 2.75) is 26.9 Å². The van der Waals surface area contributed by atoms with Crippen molar-refractivity contribution in [2.24, 2.45) is 0 Å². The first kappa shape index (κ1) is 20.1. The molecule has 0 unspecified atom stereocenters. The highest BCUT2D eigenvalue weighted by molar-refractivity contribution is 5.89. The largest absolute Gasteiger partial charge is 0.491 e. The Morgan fingerprint density at radius 2 is 1.55 bits per heavy atom. The van der Waals surface area contributed by atoms with Gasteiger partial charge in [-0.3, -0.25) is 0 Å². The SMILES string of the molecule is COC(=O)c1ccc(Nc2nc(C)cc(Nc3ccc(OC(C)C)cc3)n2)cc1. The zero-order valence-corrected chi connectivity index (χ0v) is 16.9. The molecule has 2 aromatic carbocycles. The molecule has 0 saturated carbocycles. The molecule has 0 bridgehead atoms. The minimum absolute atomic E-state index is 0.133. The first-order chi connectivity index (χ1) is 13.9. The minimum Gasteiger partial charge on any atom is -0.491 e. The molecule has 1 heterocycles. The Morgan fingerprint density at radius 1 is 0.931 bits per heavy atom. The van der Waals surface area contributed by atoms with E-state index >= 15 is 0 Å². The third-order valence-electron chi connectivity index (χ3n) is 3.91. The number of benzene rings is 2. The Bertz CT molecular complexity index is 970. The van der Waals surface area contributed by atoms with Crippen molar-refractivity contribution in [2.75, 3.05) is 17.7 Å². The first-order valence-electron chi connectivity index (χ1n) is 9.28. The second-order valence-electron chi connectivity index (χ2n) is 6.73. The molecule has 0 aliphatic carbocycles. The molecule has 0 aliphatic rings. The molecule has 0 saturated heterocycles. The second kappa shape index (κ2) is 9.05. The standard InChI is InChI=1S/C22H24N4O3/c1-14(2)29-19-11-9-17(10-12-19)24-20-13-15(3)23-22(26-20)25-18-7-5-16(6-8-18)21(27)28-4/h5-14H,1-4H3,(H2,23,24,25,26). The molecule has 0 amide bonds. The molecule has 0 radical (unpaired) electrons. The number of ether oxygens (including phenoxy) is 2. The van der Waals surface area contributed by atoms with E-state index in [-0.39, 0.29) is 12.1 Å². The zero-order chi connectivity index (χ0) is 20.8. The number of esters is 1. The van der Waals surface area contributed by atoms with E-state index in [2.05, 4.69) is 20.6 Å². The summed E-state index contributed by atoms with van der Waals surface area (Å²) in [7, 11) is 1.36. The van der Waals surface area contributed by atoms with Crippen LogP contribution >= 0.6 is 0 Å². The van der Waals surface area contributed by atoms with Crippen LogP contribution in [0.15, 0.2) is 54.6 Å². The number of aromatic nitrogens is 2. The summed E-state index contributed by atoms with van der Waals surface area (Å²) >= 11 is 0. The third-order valence-corrected chi connectivity index (χ3v) is 3.91. The number of hydrogen-bond acceptors (Lipinski definition) is 7. The molecule has 0 aliphatic heterocycles. The van der Waals surface area contributed by atoms with E-state index in [9.17, 15) is 4.79 Å². The number of hydrogen-bond donors (Lipinski definition) is 2. The zero-order valence-electron chi connectivity index (χ0n) is 16.9. The minimum atomic E-state index is -0.375. The molecule has 29 heavy (non-hydrogen) atoms. The molecular formula is C22H24N4O3. The summed E-state index contributed by atoms with van der Waals surface area (Å²) in [4.78, 5) is 20.5. The Balaban J connectivity index is 1.71. The van der Waals surface area contributed by atoms with Gasteiger partial charge in [-0.15, -0.1) is 0 Å². The van der Waals surface area contributed by atoms with Gasteiger partial charge in [0.1, 0.15) is 11.6 Å². The summed E-state index contributed by atoms with van der Waals surface area (Å²) in [5, 5.41) is 6.43. The van der Waals surface area contributed by atoms with Crippen LogP contribution in [0.4, 0.5) is 23.1 Å². The molecule has 0 atom stereocenters. The van der Waals surface area contributed by atoms with Crippen molar-refractivity contribution in [3.05, 3.63) is 65.9 Å². The van der Waals surface area contributed by atoms with E-state index in [0.29, 0.717) is 17.3 Å². The number of carbonyl (C=O) groups excluding carboxylic acids is 1. The Labute approximate surface area is 170 Å². The number of nitrogens with zero attached hydrogens (tertiary/aromatic N) is 2. The van der Waals surface area contributed by atoms with Gasteiger partial charge in [-0.05, 0) is 69.3 Å². The maximum absolute atomic E-state index is 11.5. The van der Waals surface area contributed by atoms with Gasteiger partial charge in [0, 0.05) is 23.1 Å². The molecule has 7 nitrogen and oxygen atoms in total. The quantitative estimate of drug-likeness (QED) is 0.556. The van der Waals surface area contributed by atoms with Crippen LogP contribution < -0.4 is 15.4 Å². The van der Waals surface area contributed by atoms with Gasteiger partial charge in [0.2, 0.25) is 5.95 Å². The van der Waals surface area contributed by atoms with Crippen molar-refractivity contribution in [3.8, 4) is 5.75 Å². The van der Waals surface area contributed by atoms with Gasteiger partial charge >= 0.3 is 5.97 Å². The maximum Gasteiger partial charge on any atom is 0.337 e. The molecule has 150 valence electrons. The highest BCUT2D eigenvalue weighted by Crippen LogP contribution is 2.22. The second-order valence-corrected chi connectivity index (χ2v) is 6.73. The first-order valence-corrected chi connectivity index (χ1v) is 9.28. The number of rotatable bonds is 7. The fraction of sp³-hybridized carbons (Fsp3) is 0.227. The molecule has 0 spiro atoms. The highest BCUT2D eigenvalue weighted by Gasteiger charge is 2.07. The van der Waals surface area contributed by atoms with E-state index in [1.165, 1.54) is 7.11 Å². The lowest BCUT2D eigenvalue weighted by Crippen LogP contribution is -2.05. The van der Waals surface area contributed by atoms with Crippen molar-refractivity contribution in [3.63, 3.8) is 0 Å². The van der Waals surface area contributed by atoms with E-state index in [4.69, 9.17) is 9.47 Å². The van der Waals surface area contributed by atoms with Crippen LogP contribution in [-0.4, -0.2) is 29.2 Å². The molecule has 0 fully saturated rings. The van der Waals surface area contributed by atoms with Crippen molar-refractivity contribution < 1.29 is 14.3 Å². The average molecular weight is 392 g/mol. The lowest BCUT2D eigenvalue weighted by atomic mass is 10.2. The fourth-order valence-electron chi connectivity index (χ4n) is 2.66. The molecule has 3 aromatic rings. The Morgan fingerprint density at radius 3 is 2.17 bits per heavy atom. The van der Waals surface area contributed by atoms with Crippen LogP contribution in [-0.2, 0) is 4.74 Å². The van der Waals surface area contributed by atoms with Crippen LogP contribution in [0.1, 0.15) is 29.9 Å². The lowest BCUT2D eigenvalue weighted by Gasteiger charge is -2.12. The maximum atomic E-state index is 11.5. The molecule has 1 aromatic heterocycles. The van der Waals surface area contributed by atoms with Crippen LogP contribution in [0.5, 0.6) is 5.75 Å². The molecule has 3 rings (SSSR count). The number of nitrogens with one attached hydrogen (secondary N) is 2. The topological polar surface area (TPSA) is 85.4 Å². The normalized spacial score (nSPS) is 10.5. The summed E-state index contributed by atoms with van der Waals surface area (Å²) in [5.74, 6) is 1.57. The van der Waals surface area contributed by atoms with E-state index < -0.39 is 0 Å². The summed E-state index contributed by atoms with van der Waals surface area (Å²) in [5.41, 5.74) is 2.96. The summed E-state index contributed by atoms with van der Waals surface area (Å²) in [6.45, 7) is 5.89. The van der Waals surface area contributed by atoms with Crippen molar-refractivity contribution in [1.29, 1.82) is 0 Å². The molecular weight excluding hydrogens is 368 g/mol. The number of aryl methyl sites for hydroxylation is 1. The van der Waals surface area contributed by atoms with Gasteiger partial charge in [-0.1, -0.05) is 0 Å². The van der Waals surface area contributed by atoms with Gasteiger partial charge < -0.3 is 20.1 Å². The van der Waals surface area contributed by atoms with E-state index in [1.54, 1.807) is 24.3 Å². The Hall–Kier alpha value is -3.61. The van der Waals surface area contributed by atoms with Gasteiger partial charge in [-0.2, -0.15) is 4.98 Å². The summed E-state index contributed by atoms with van der Waals surface area (Å²) in [6, 6.07) is 16.5. The highest BCUT2D eigenvalue weighted by atomic mass is 16.5. The van der Waals surface area contributed by atoms with Gasteiger partial charge in [0.15, 0.2) is 0 Å². The molecule has 7 heteroatoms. The third kappa shape index (κ3) is 5.68. The van der Waals surface area contributed by atoms with Gasteiger partial charge in [-0.25, -0.2) is 9.78 Å². The number of anilines is 4. The van der Waals surface area contributed by atoms with Crippen molar-refractivity contribution >= 4 is 29.1 Å². The number of carbonyl (C=O) groups is 1. The lowest BCUT2D eigenvalue weighted by molar-refractivity contribution is 0.0601. The average Bonchev–Trinajstić information content (AvgIpc) is 2.68. The molecule has 2 N–H and O–H groups in total. The van der Waals surface area contributed by atoms with E-state index in [1.807, 2.05) is 51.1 Å². The Kier molecular flexibility index (Phi) is 6.29. The summed E-state index contributed by atoms with van der Waals surface area (Å²) < 4.78 is 10.4. The van der Waals surface area contributed by atoms with Crippen LogP contribution in [0.3, 0.4) is 0 Å². The fourth-order valence-corrected chi connectivity index (χ4v) is 2.66. The van der Waals surface area contributed by atoms with Gasteiger partial charge in [0.05, 0.1) is 18.8 Å². The predicted octanol–water partition coefficient (Wildman–Crippen LogP) is 4.85. The summed E-state index contributed by atoms with van der Waals surface area (Å²) in [6.07, 6.45) is 0.133. The monoisotopic (exact) mass is 392 g/mol. The van der Waals surface area contributed by atoms with Crippen LogP contribution in [0.25, 0.3) is 0 Å². The predicted molar refractivity (Wildman–Crippen MR) is 113 cm³/mol. The van der Waals surface area contributed by atoms with Crippen molar-refractivity contribution in [1.82, 2.24) is 9.97 Å². The van der Waals surface area contributed by atoms with Crippen LogP contribution in [0, 0.1) is 6.92 Å². The smallest absolute Gasteiger partial charge is 0.337 e. The van der Waals surface area contributed by atoms with Crippen LogP contribution in [0.2, 0.25) is 0 Å². The van der Waals surface area contributed by atoms with Gasteiger partial charge in [0.25, 0.3) is 0 Å².